The number of ether oxygens (including phenoxy) is 2. The van der Waals surface area contributed by atoms with Gasteiger partial charge in [-0.25, -0.2) is 4.39 Å². The summed E-state index contributed by atoms with van der Waals surface area (Å²) >= 11 is 0. The summed E-state index contributed by atoms with van der Waals surface area (Å²) in [7, 11) is 2.09. The van der Waals surface area contributed by atoms with E-state index in [2.05, 4.69) is 11.9 Å². The molecule has 30 heavy (non-hydrogen) atoms. The summed E-state index contributed by atoms with van der Waals surface area (Å²) in [6.45, 7) is 5.87. The number of carbonyl (C=O) groups excluding carboxylic acids is 1. The molecule has 1 aliphatic heterocycles. The second-order valence-electron chi connectivity index (χ2n) is 8.48. The molecule has 162 valence electrons. The fourth-order valence-electron chi connectivity index (χ4n) is 3.77. The summed E-state index contributed by atoms with van der Waals surface area (Å²) in [5.41, 5.74) is 1.99. The predicted molar refractivity (Wildman–Crippen MR) is 116 cm³/mol. The second kappa shape index (κ2) is 10.6. The minimum Gasteiger partial charge on any atom is -0.491 e. The zero-order chi connectivity index (χ0) is 21.5. The van der Waals surface area contributed by atoms with Crippen molar-refractivity contribution in [3.63, 3.8) is 0 Å². The van der Waals surface area contributed by atoms with Crippen LogP contribution in [0, 0.1) is 11.7 Å². The maximum absolute atomic E-state index is 13.3. The number of piperidine rings is 1. The van der Waals surface area contributed by atoms with Gasteiger partial charge in [-0.15, -0.1) is 0 Å². The van der Waals surface area contributed by atoms with Gasteiger partial charge < -0.3 is 14.4 Å². The molecule has 0 amide bonds. The highest BCUT2D eigenvalue weighted by Crippen LogP contribution is 2.22. The Labute approximate surface area is 179 Å². The third-order valence-electron chi connectivity index (χ3n) is 5.45. The Morgan fingerprint density at radius 1 is 1.00 bits per heavy atom. The maximum atomic E-state index is 13.3. The van der Waals surface area contributed by atoms with E-state index in [-0.39, 0.29) is 29.9 Å². The van der Waals surface area contributed by atoms with E-state index in [9.17, 15) is 9.18 Å². The van der Waals surface area contributed by atoms with Gasteiger partial charge in [-0.05, 0) is 82.0 Å². The zero-order valence-electron chi connectivity index (χ0n) is 18.1. The number of benzene rings is 2. The molecule has 5 heteroatoms. The van der Waals surface area contributed by atoms with Crippen molar-refractivity contribution in [3.05, 3.63) is 65.5 Å². The summed E-state index contributed by atoms with van der Waals surface area (Å²) in [6, 6.07) is 14.2. The van der Waals surface area contributed by atoms with Crippen LogP contribution in [0.1, 0.15) is 37.8 Å². The van der Waals surface area contributed by atoms with Crippen molar-refractivity contribution in [2.45, 2.75) is 51.7 Å². The Hall–Kier alpha value is -2.40. The number of rotatable bonds is 8. The molecule has 0 aliphatic carbocycles. The molecule has 1 unspecified atom stereocenters. The lowest BCUT2D eigenvalue weighted by Gasteiger charge is -2.30. The first-order chi connectivity index (χ1) is 14.4. The van der Waals surface area contributed by atoms with Crippen molar-refractivity contribution in [1.29, 1.82) is 0 Å². The lowest BCUT2D eigenvalue weighted by molar-refractivity contribution is -0.156. The normalized spacial score (nSPS) is 16.4. The minimum atomic E-state index is -0.313. The minimum absolute atomic E-state index is 0.0220. The van der Waals surface area contributed by atoms with Crippen LogP contribution >= 0.6 is 0 Å². The molecule has 0 aromatic heterocycles. The molecule has 2 aromatic carbocycles. The van der Waals surface area contributed by atoms with Gasteiger partial charge in [0, 0.05) is 13.1 Å². The van der Waals surface area contributed by atoms with Gasteiger partial charge in [0.2, 0.25) is 0 Å². The smallest absolute Gasteiger partial charge is 0.309 e. The van der Waals surface area contributed by atoms with E-state index >= 15 is 0 Å². The number of hydrogen-bond donors (Lipinski definition) is 0. The molecule has 2 aromatic rings. The maximum Gasteiger partial charge on any atom is 0.309 e. The monoisotopic (exact) mass is 413 g/mol. The third kappa shape index (κ3) is 6.84. The van der Waals surface area contributed by atoms with Crippen LogP contribution in [0.4, 0.5) is 4.39 Å². The van der Waals surface area contributed by atoms with Crippen LogP contribution < -0.4 is 4.74 Å². The fourth-order valence-corrected chi connectivity index (χ4v) is 3.77. The molecule has 4 nitrogen and oxygen atoms in total. The van der Waals surface area contributed by atoms with Crippen LogP contribution in [0.15, 0.2) is 48.5 Å². The summed E-state index contributed by atoms with van der Waals surface area (Å²) in [5.74, 6) is 0.0612. The van der Waals surface area contributed by atoms with E-state index in [1.54, 1.807) is 12.1 Å². The van der Waals surface area contributed by atoms with Crippen LogP contribution in [0.25, 0.3) is 0 Å². The van der Waals surface area contributed by atoms with E-state index < -0.39 is 0 Å². The van der Waals surface area contributed by atoms with Gasteiger partial charge in [0.15, 0.2) is 0 Å². The second-order valence-corrected chi connectivity index (χ2v) is 8.48. The predicted octanol–water partition coefficient (Wildman–Crippen LogP) is 4.65. The quantitative estimate of drug-likeness (QED) is 0.591. The van der Waals surface area contributed by atoms with Crippen LogP contribution in [0.3, 0.4) is 0 Å². The highest BCUT2D eigenvalue weighted by Gasteiger charge is 2.26. The van der Waals surface area contributed by atoms with Gasteiger partial charge in [0.1, 0.15) is 17.7 Å². The van der Waals surface area contributed by atoms with Gasteiger partial charge in [0.25, 0.3) is 0 Å². The molecule has 1 heterocycles. The third-order valence-corrected chi connectivity index (χ3v) is 5.45. The topological polar surface area (TPSA) is 38.8 Å². The van der Waals surface area contributed by atoms with Crippen molar-refractivity contribution < 1.29 is 18.7 Å². The van der Waals surface area contributed by atoms with Crippen LogP contribution in [0.5, 0.6) is 5.75 Å². The number of hydrogen-bond acceptors (Lipinski definition) is 4. The van der Waals surface area contributed by atoms with E-state index in [1.807, 2.05) is 38.1 Å². The average Bonchev–Trinajstić information content (AvgIpc) is 2.72. The molecule has 0 spiro atoms. The Morgan fingerprint density at radius 3 is 2.07 bits per heavy atom. The first-order valence-electron chi connectivity index (χ1n) is 10.8. The Balaban J connectivity index is 1.69. The lowest BCUT2D eigenvalue weighted by Crippen LogP contribution is -2.37. The van der Waals surface area contributed by atoms with E-state index in [0.29, 0.717) is 12.8 Å². The van der Waals surface area contributed by atoms with E-state index in [0.717, 1.165) is 42.8 Å². The fraction of sp³-hybridized carbons (Fsp3) is 0.480. The van der Waals surface area contributed by atoms with Gasteiger partial charge in [-0.2, -0.15) is 0 Å². The van der Waals surface area contributed by atoms with Gasteiger partial charge in [-0.3, -0.25) is 4.79 Å². The van der Waals surface area contributed by atoms with Crippen molar-refractivity contribution in [2.75, 3.05) is 20.1 Å². The molecular formula is C25H32FNO3. The summed E-state index contributed by atoms with van der Waals surface area (Å²) in [4.78, 5) is 15.3. The van der Waals surface area contributed by atoms with Crippen LogP contribution in [-0.4, -0.2) is 43.2 Å². The standard InChI is InChI=1S/C25H32FNO3/c1-18(2)29-23-10-6-20(7-11-23)17-21(16-19-4-8-22(26)9-5-19)25(28)30-24-12-14-27(3)15-13-24/h4-11,18,21,24H,12-17H2,1-3H3. The van der Waals surface area contributed by atoms with Crippen molar-refractivity contribution in [1.82, 2.24) is 4.90 Å². The summed E-state index contributed by atoms with van der Waals surface area (Å²) in [5, 5.41) is 0. The van der Waals surface area contributed by atoms with Crippen molar-refractivity contribution in [3.8, 4) is 5.75 Å². The van der Waals surface area contributed by atoms with E-state index in [4.69, 9.17) is 9.47 Å². The molecule has 3 rings (SSSR count). The average molecular weight is 414 g/mol. The largest absolute Gasteiger partial charge is 0.491 e. The molecule has 1 saturated heterocycles. The van der Waals surface area contributed by atoms with Gasteiger partial charge in [-0.1, -0.05) is 24.3 Å². The molecule has 1 atom stereocenters. The molecule has 1 aliphatic rings. The Bertz CT molecular complexity index is 796. The van der Waals surface area contributed by atoms with Crippen LogP contribution in [-0.2, 0) is 22.4 Å². The Morgan fingerprint density at radius 2 is 1.53 bits per heavy atom. The van der Waals surface area contributed by atoms with Crippen molar-refractivity contribution in [2.24, 2.45) is 5.92 Å². The number of nitrogens with zero attached hydrogens (tertiary/aromatic N) is 1. The van der Waals surface area contributed by atoms with Crippen LogP contribution in [0.2, 0.25) is 0 Å². The molecule has 0 N–H and O–H groups in total. The lowest BCUT2D eigenvalue weighted by atomic mass is 9.92. The van der Waals surface area contributed by atoms with Crippen molar-refractivity contribution >= 4 is 5.97 Å². The first-order valence-corrected chi connectivity index (χ1v) is 10.8. The highest BCUT2D eigenvalue weighted by molar-refractivity contribution is 5.73. The highest BCUT2D eigenvalue weighted by atomic mass is 19.1. The molecule has 1 fully saturated rings. The number of halogens is 1. The SMILES string of the molecule is CC(C)Oc1ccc(CC(Cc2ccc(F)cc2)C(=O)OC2CCN(C)CC2)cc1. The van der Waals surface area contributed by atoms with Gasteiger partial charge in [0.05, 0.1) is 12.0 Å². The van der Waals surface area contributed by atoms with Gasteiger partial charge >= 0.3 is 5.97 Å². The first kappa shape index (κ1) is 22.3. The molecule has 0 radical (unpaired) electrons. The number of carbonyl (C=O) groups is 1. The summed E-state index contributed by atoms with van der Waals surface area (Å²) < 4.78 is 24.9. The molecular weight excluding hydrogens is 381 g/mol. The Kier molecular flexibility index (Phi) is 7.86. The molecule has 0 bridgehead atoms. The summed E-state index contributed by atoms with van der Waals surface area (Å²) in [6.07, 6.45) is 2.93. The number of esters is 1. The van der Waals surface area contributed by atoms with E-state index in [1.165, 1.54) is 12.1 Å². The zero-order valence-corrected chi connectivity index (χ0v) is 18.1. The number of likely N-dealkylation sites (tertiary alicyclic amines) is 1. The molecule has 0 saturated carbocycles.